The Bertz CT molecular complexity index is 871. The summed E-state index contributed by atoms with van der Waals surface area (Å²) in [4.78, 5) is 19.2. The van der Waals surface area contributed by atoms with Crippen LogP contribution in [0.25, 0.3) is 11.4 Å². The lowest BCUT2D eigenvalue weighted by atomic mass is 9.91. The molecule has 3 aromatic rings. The van der Waals surface area contributed by atoms with E-state index in [0.29, 0.717) is 24.8 Å². The summed E-state index contributed by atoms with van der Waals surface area (Å²) in [5.74, 6) is 1.43. The second kappa shape index (κ2) is 7.12. The Hall–Kier alpha value is -2.95. The van der Waals surface area contributed by atoms with Gasteiger partial charge in [-0.15, -0.1) is 0 Å². The van der Waals surface area contributed by atoms with Gasteiger partial charge >= 0.3 is 0 Å². The van der Waals surface area contributed by atoms with Crippen molar-refractivity contribution < 1.29 is 9.32 Å². The van der Waals surface area contributed by atoms with Crippen LogP contribution >= 0.6 is 0 Å². The third kappa shape index (κ3) is 3.12. The van der Waals surface area contributed by atoms with E-state index < -0.39 is 0 Å². The van der Waals surface area contributed by atoms with E-state index in [2.05, 4.69) is 17.1 Å². The molecule has 132 valence electrons. The van der Waals surface area contributed by atoms with Crippen LogP contribution in [0.4, 0.5) is 0 Å². The standard InChI is InChI=1S/C21H21N3O2/c1-2-18(15-9-5-3-6-10-15)21(25)24-13-17(14-24)20-22-19(23-26-20)16-11-7-4-8-12-16/h3-12,17-18H,2,13-14H2,1H3. The Balaban J connectivity index is 1.41. The van der Waals surface area contributed by atoms with Gasteiger partial charge in [0, 0.05) is 18.7 Å². The smallest absolute Gasteiger partial charge is 0.233 e. The summed E-state index contributed by atoms with van der Waals surface area (Å²) >= 11 is 0. The van der Waals surface area contributed by atoms with Gasteiger partial charge in [0.25, 0.3) is 0 Å². The molecule has 1 amide bonds. The summed E-state index contributed by atoms with van der Waals surface area (Å²) in [6.07, 6.45) is 0.794. The molecule has 0 spiro atoms. The van der Waals surface area contributed by atoms with Crippen LogP contribution in [0, 0.1) is 0 Å². The van der Waals surface area contributed by atoms with E-state index in [1.54, 1.807) is 0 Å². The van der Waals surface area contributed by atoms with Crippen molar-refractivity contribution in [3.05, 3.63) is 72.1 Å². The largest absolute Gasteiger partial charge is 0.340 e. The molecule has 0 bridgehead atoms. The summed E-state index contributed by atoms with van der Waals surface area (Å²) in [5.41, 5.74) is 2.01. The topological polar surface area (TPSA) is 59.2 Å². The molecule has 1 aliphatic rings. The highest BCUT2D eigenvalue weighted by atomic mass is 16.5. The molecule has 2 heterocycles. The molecule has 1 aliphatic heterocycles. The maximum Gasteiger partial charge on any atom is 0.233 e. The van der Waals surface area contributed by atoms with Crippen LogP contribution in [0.5, 0.6) is 0 Å². The maximum absolute atomic E-state index is 12.8. The molecule has 1 fully saturated rings. The second-order valence-corrected chi connectivity index (χ2v) is 6.63. The zero-order valence-corrected chi connectivity index (χ0v) is 14.7. The van der Waals surface area contributed by atoms with Crippen molar-refractivity contribution in [2.45, 2.75) is 25.2 Å². The molecule has 2 aromatic carbocycles. The van der Waals surface area contributed by atoms with Crippen LogP contribution in [-0.2, 0) is 4.79 Å². The van der Waals surface area contributed by atoms with Crippen LogP contribution in [0.1, 0.15) is 36.6 Å². The molecule has 0 radical (unpaired) electrons. The molecular weight excluding hydrogens is 326 g/mol. The fourth-order valence-corrected chi connectivity index (χ4v) is 3.38. The lowest BCUT2D eigenvalue weighted by Crippen LogP contribution is -2.50. The van der Waals surface area contributed by atoms with Gasteiger partial charge < -0.3 is 9.42 Å². The van der Waals surface area contributed by atoms with Crippen LogP contribution in [0.15, 0.2) is 65.2 Å². The molecule has 0 aliphatic carbocycles. The number of carbonyl (C=O) groups is 1. The zero-order valence-electron chi connectivity index (χ0n) is 14.7. The summed E-state index contributed by atoms with van der Waals surface area (Å²) < 4.78 is 5.42. The van der Waals surface area contributed by atoms with Gasteiger partial charge in [0.1, 0.15) is 0 Å². The van der Waals surface area contributed by atoms with Crippen molar-refractivity contribution in [2.24, 2.45) is 0 Å². The molecule has 1 saturated heterocycles. The first kappa shape index (κ1) is 16.5. The summed E-state index contributed by atoms with van der Waals surface area (Å²) in [7, 11) is 0. The SMILES string of the molecule is CCC(C(=O)N1CC(c2nc(-c3ccccc3)no2)C1)c1ccccc1. The van der Waals surface area contributed by atoms with Gasteiger partial charge in [0.15, 0.2) is 0 Å². The van der Waals surface area contributed by atoms with Crippen LogP contribution in [0.2, 0.25) is 0 Å². The fourth-order valence-electron chi connectivity index (χ4n) is 3.38. The van der Waals surface area contributed by atoms with Crippen molar-refractivity contribution in [2.75, 3.05) is 13.1 Å². The molecule has 0 N–H and O–H groups in total. The predicted octanol–water partition coefficient (Wildman–Crippen LogP) is 3.86. The Morgan fingerprint density at radius 1 is 1.12 bits per heavy atom. The average molecular weight is 347 g/mol. The minimum absolute atomic E-state index is 0.0836. The molecular formula is C21H21N3O2. The van der Waals surface area contributed by atoms with Crippen molar-refractivity contribution in [1.82, 2.24) is 15.0 Å². The van der Waals surface area contributed by atoms with E-state index >= 15 is 0 Å². The molecule has 4 rings (SSSR count). The normalized spacial score (nSPS) is 15.5. The third-order valence-corrected chi connectivity index (χ3v) is 4.92. The Kier molecular flexibility index (Phi) is 4.52. The number of amides is 1. The first-order chi connectivity index (χ1) is 12.8. The molecule has 0 saturated carbocycles. The van der Waals surface area contributed by atoms with Gasteiger partial charge in [-0.2, -0.15) is 4.98 Å². The average Bonchev–Trinajstić information content (AvgIpc) is 3.12. The van der Waals surface area contributed by atoms with Crippen molar-refractivity contribution >= 4 is 5.91 Å². The highest BCUT2D eigenvalue weighted by Gasteiger charge is 2.38. The van der Waals surface area contributed by atoms with E-state index in [4.69, 9.17) is 4.52 Å². The minimum atomic E-state index is -0.0836. The van der Waals surface area contributed by atoms with Gasteiger partial charge in [-0.3, -0.25) is 4.79 Å². The summed E-state index contributed by atoms with van der Waals surface area (Å²) in [6, 6.07) is 19.7. The van der Waals surface area contributed by atoms with Crippen LogP contribution in [-0.4, -0.2) is 34.0 Å². The number of rotatable bonds is 5. The second-order valence-electron chi connectivity index (χ2n) is 6.63. The zero-order chi connectivity index (χ0) is 17.9. The van der Waals surface area contributed by atoms with E-state index in [0.717, 1.165) is 17.5 Å². The number of carbonyl (C=O) groups excluding carboxylic acids is 1. The van der Waals surface area contributed by atoms with E-state index in [-0.39, 0.29) is 17.7 Å². The third-order valence-electron chi connectivity index (χ3n) is 4.92. The minimum Gasteiger partial charge on any atom is -0.340 e. The lowest BCUT2D eigenvalue weighted by Gasteiger charge is -2.39. The van der Waals surface area contributed by atoms with E-state index in [1.165, 1.54) is 0 Å². The van der Waals surface area contributed by atoms with Crippen molar-refractivity contribution in [3.63, 3.8) is 0 Å². The highest BCUT2D eigenvalue weighted by Crippen LogP contribution is 2.31. The van der Waals surface area contributed by atoms with Gasteiger partial charge in [0.2, 0.25) is 17.6 Å². The Morgan fingerprint density at radius 3 is 2.42 bits per heavy atom. The number of aromatic nitrogens is 2. The molecule has 5 heteroatoms. The summed E-state index contributed by atoms with van der Waals surface area (Å²) in [6.45, 7) is 3.33. The van der Waals surface area contributed by atoms with E-state index in [9.17, 15) is 4.79 Å². The van der Waals surface area contributed by atoms with Gasteiger partial charge in [0.05, 0.1) is 11.8 Å². The van der Waals surface area contributed by atoms with E-state index in [1.807, 2.05) is 65.6 Å². The number of hydrogen-bond donors (Lipinski definition) is 0. The number of nitrogens with zero attached hydrogens (tertiary/aromatic N) is 3. The first-order valence-corrected chi connectivity index (χ1v) is 8.99. The van der Waals surface area contributed by atoms with Crippen LogP contribution < -0.4 is 0 Å². The number of benzene rings is 2. The van der Waals surface area contributed by atoms with Gasteiger partial charge in [-0.25, -0.2) is 0 Å². The Labute approximate surface area is 152 Å². The highest BCUT2D eigenvalue weighted by molar-refractivity contribution is 5.84. The van der Waals surface area contributed by atoms with Gasteiger partial charge in [-0.1, -0.05) is 72.7 Å². The molecule has 1 atom stereocenters. The van der Waals surface area contributed by atoms with Gasteiger partial charge in [-0.05, 0) is 12.0 Å². The summed E-state index contributed by atoms with van der Waals surface area (Å²) in [5, 5.41) is 4.07. The van der Waals surface area contributed by atoms with Crippen LogP contribution in [0.3, 0.4) is 0 Å². The molecule has 1 unspecified atom stereocenters. The lowest BCUT2D eigenvalue weighted by molar-refractivity contribution is -0.137. The molecule has 1 aromatic heterocycles. The Morgan fingerprint density at radius 2 is 1.77 bits per heavy atom. The fraction of sp³-hybridized carbons (Fsp3) is 0.286. The van der Waals surface area contributed by atoms with Crippen molar-refractivity contribution in [3.8, 4) is 11.4 Å². The quantitative estimate of drug-likeness (QED) is 0.703. The predicted molar refractivity (Wildman–Crippen MR) is 98.5 cm³/mol. The number of hydrogen-bond acceptors (Lipinski definition) is 4. The molecule has 26 heavy (non-hydrogen) atoms. The molecule has 5 nitrogen and oxygen atoms in total. The maximum atomic E-state index is 12.8. The monoisotopic (exact) mass is 347 g/mol. The first-order valence-electron chi connectivity index (χ1n) is 8.99. The number of likely N-dealkylation sites (tertiary alicyclic amines) is 1. The van der Waals surface area contributed by atoms with Crippen molar-refractivity contribution in [1.29, 1.82) is 0 Å².